The van der Waals surface area contributed by atoms with Crippen molar-refractivity contribution in [2.75, 3.05) is 0 Å². The fourth-order valence-electron chi connectivity index (χ4n) is 11.3. The first kappa shape index (κ1) is 37.6. The van der Waals surface area contributed by atoms with Gasteiger partial charge in [0.15, 0.2) is 8.07 Å². The van der Waals surface area contributed by atoms with Crippen molar-refractivity contribution in [3.8, 4) is 17.1 Å². The van der Waals surface area contributed by atoms with E-state index in [1.165, 1.54) is 53.3 Å². The van der Waals surface area contributed by atoms with Gasteiger partial charge in [-0.15, -0.1) is 0 Å². The molecule has 0 amide bonds. The van der Waals surface area contributed by atoms with Gasteiger partial charge in [0, 0.05) is 38.6 Å². The molecule has 4 heterocycles. The number of hydrogen-bond acceptors (Lipinski definition) is 1. The normalized spacial score (nSPS) is 12.2. The van der Waals surface area contributed by atoms with Crippen LogP contribution in [0.3, 0.4) is 0 Å². The van der Waals surface area contributed by atoms with Crippen LogP contribution in [0, 0.1) is 0 Å². The average Bonchev–Trinajstić information content (AvgIpc) is 4.14. The molecule has 0 bridgehead atoms. The van der Waals surface area contributed by atoms with E-state index in [1.807, 2.05) is 0 Å². The lowest BCUT2D eigenvalue weighted by molar-refractivity contribution is 1.11. The van der Waals surface area contributed by atoms with E-state index < -0.39 is 8.07 Å². The van der Waals surface area contributed by atoms with Crippen molar-refractivity contribution >= 4 is 100 Å². The number of hydrogen-bond donors (Lipinski definition) is 0. The highest BCUT2D eigenvalue weighted by atomic mass is 28.3. The SMILES string of the molecule is c1ccc(-n2c3ccccc3n3c4ccc5c6cc([Si](c7ccccc7)(c7ccccc7)c7ccccc7)ccc6n(-c6cccc(-n7c8ccccc8c8ccccc87)c6)c5c4nc23)cc1. The van der Waals surface area contributed by atoms with Crippen LogP contribution in [0.25, 0.3) is 88.5 Å². The second kappa shape index (κ2) is 14.7. The molecule has 0 fully saturated rings. The highest BCUT2D eigenvalue weighted by Crippen LogP contribution is 2.40. The zero-order chi connectivity index (χ0) is 44.1. The van der Waals surface area contributed by atoms with E-state index in [2.05, 4.69) is 267 Å². The lowest BCUT2D eigenvalue weighted by Gasteiger charge is -2.34. The smallest absolute Gasteiger partial charge is 0.220 e. The van der Waals surface area contributed by atoms with E-state index in [4.69, 9.17) is 4.98 Å². The number of nitrogens with zero attached hydrogens (tertiary/aromatic N) is 5. The number of imidazole rings is 2. The molecule has 0 radical (unpaired) electrons. The Balaban J connectivity index is 1.11. The third-order valence-electron chi connectivity index (χ3n) is 14.1. The summed E-state index contributed by atoms with van der Waals surface area (Å²) >= 11 is 0. The Morgan fingerprint density at radius 1 is 0.284 bits per heavy atom. The van der Waals surface area contributed by atoms with Crippen LogP contribution in [-0.4, -0.2) is 31.2 Å². The number of fused-ring (bicyclic) bond motifs is 12. The zero-order valence-electron chi connectivity index (χ0n) is 36.4. The van der Waals surface area contributed by atoms with E-state index >= 15 is 0 Å². The van der Waals surface area contributed by atoms with Crippen LogP contribution in [0.1, 0.15) is 0 Å². The van der Waals surface area contributed by atoms with Crippen LogP contribution in [0.4, 0.5) is 0 Å². The minimum atomic E-state index is -2.85. The summed E-state index contributed by atoms with van der Waals surface area (Å²) in [5.41, 5.74) is 12.1. The van der Waals surface area contributed by atoms with E-state index in [1.54, 1.807) is 0 Å². The van der Waals surface area contributed by atoms with Gasteiger partial charge in [0.05, 0.1) is 38.6 Å². The van der Waals surface area contributed by atoms with Gasteiger partial charge in [-0.3, -0.25) is 8.97 Å². The van der Waals surface area contributed by atoms with Gasteiger partial charge >= 0.3 is 0 Å². The summed E-state index contributed by atoms with van der Waals surface area (Å²) in [6, 6.07) is 91.4. The van der Waals surface area contributed by atoms with Crippen molar-refractivity contribution in [1.82, 2.24) is 23.1 Å². The molecule has 14 aromatic rings. The average molecular weight is 872 g/mol. The van der Waals surface area contributed by atoms with Gasteiger partial charge in [-0.1, -0.05) is 176 Å². The van der Waals surface area contributed by atoms with Gasteiger partial charge in [0.1, 0.15) is 5.52 Å². The fourth-order valence-corrected chi connectivity index (χ4v) is 16.1. The highest BCUT2D eigenvalue weighted by molar-refractivity contribution is 7.20. The number of rotatable bonds is 7. The summed E-state index contributed by atoms with van der Waals surface area (Å²) < 4.78 is 9.54. The second-order valence-corrected chi connectivity index (χ2v) is 21.4. The molecule has 14 rings (SSSR count). The molecule has 4 aromatic heterocycles. The standard InChI is InChI=1S/C61H41N5Si/c1-5-20-42(21-6-1)65-56-34-17-18-35-57(56)66-58-39-37-51-52-41-48(67(45-24-7-2-8-25-45,46-26-9-3-10-27-46)47-28-11-4-12-29-47)36-38-55(52)64(60(51)59(58)62-61(65)66)44-23-19-22-43(40-44)63-53-32-15-13-30-49(53)50-31-14-16-33-54(50)63/h1-41H. The van der Waals surface area contributed by atoms with Crippen molar-refractivity contribution in [3.63, 3.8) is 0 Å². The molecule has 314 valence electrons. The fraction of sp³-hybridized carbons (Fsp3) is 0. The largest absolute Gasteiger partial charge is 0.309 e. The van der Waals surface area contributed by atoms with Gasteiger partial charge in [0.25, 0.3) is 0 Å². The minimum Gasteiger partial charge on any atom is -0.309 e. The molecule has 10 aromatic carbocycles. The summed E-state index contributed by atoms with van der Waals surface area (Å²) in [5.74, 6) is 0.884. The first-order chi connectivity index (χ1) is 33.3. The maximum atomic E-state index is 5.71. The summed E-state index contributed by atoms with van der Waals surface area (Å²) in [5, 5.41) is 10.2. The first-order valence-electron chi connectivity index (χ1n) is 23.0. The Kier molecular flexibility index (Phi) is 8.23. The van der Waals surface area contributed by atoms with Gasteiger partial charge in [-0.25, -0.2) is 4.98 Å². The molecule has 67 heavy (non-hydrogen) atoms. The molecule has 0 N–H and O–H groups in total. The lowest BCUT2D eigenvalue weighted by Crippen LogP contribution is -2.74. The quantitative estimate of drug-likeness (QED) is 0.116. The number of aromatic nitrogens is 5. The maximum absolute atomic E-state index is 5.71. The number of para-hydroxylation sites is 5. The third kappa shape index (κ3) is 5.39. The molecular weight excluding hydrogens is 831 g/mol. The predicted octanol–water partition coefficient (Wildman–Crippen LogP) is 12.0. The van der Waals surface area contributed by atoms with Crippen LogP contribution in [0.5, 0.6) is 0 Å². The van der Waals surface area contributed by atoms with Crippen LogP contribution in [0.2, 0.25) is 0 Å². The van der Waals surface area contributed by atoms with Crippen molar-refractivity contribution in [3.05, 3.63) is 249 Å². The van der Waals surface area contributed by atoms with Gasteiger partial charge in [-0.05, 0) is 93.5 Å². The molecule has 0 saturated carbocycles. The Bertz CT molecular complexity index is 4050. The molecule has 5 nitrogen and oxygen atoms in total. The van der Waals surface area contributed by atoms with Crippen LogP contribution in [0.15, 0.2) is 249 Å². The molecule has 0 unspecified atom stereocenters. The summed E-state index contributed by atoms with van der Waals surface area (Å²) in [4.78, 5) is 5.71. The van der Waals surface area contributed by atoms with Gasteiger partial charge < -0.3 is 9.13 Å². The van der Waals surface area contributed by atoms with E-state index in [0.717, 1.165) is 55.9 Å². The van der Waals surface area contributed by atoms with Crippen molar-refractivity contribution in [2.45, 2.75) is 0 Å². The van der Waals surface area contributed by atoms with Crippen molar-refractivity contribution in [2.24, 2.45) is 0 Å². The summed E-state index contributed by atoms with van der Waals surface area (Å²) in [6.07, 6.45) is 0. The van der Waals surface area contributed by atoms with Crippen molar-refractivity contribution in [1.29, 1.82) is 0 Å². The molecule has 0 aliphatic rings. The van der Waals surface area contributed by atoms with E-state index in [9.17, 15) is 0 Å². The predicted molar refractivity (Wildman–Crippen MR) is 282 cm³/mol. The molecule has 0 spiro atoms. The summed E-state index contributed by atoms with van der Waals surface area (Å²) in [7, 11) is -2.85. The van der Waals surface area contributed by atoms with Gasteiger partial charge in [-0.2, -0.15) is 0 Å². The molecule has 0 atom stereocenters. The van der Waals surface area contributed by atoms with Crippen molar-refractivity contribution < 1.29 is 0 Å². The number of benzene rings is 10. The second-order valence-electron chi connectivity index (χ2n) is 17.5. The van der Waals surface area contributed by atoms with E-state index in [-0.39, 0.29) is 0 Å². The summed E-state index contributed by atoms with van der Waals surface area (Å²) in [6.45, 7) is 0. The Hall–Kier alpha value is -8.71. The zero-order valence-corrected chi connectivity index (χ0v) is 37.4. The molecule has 0 aliphatic carbocycles. The molecule has 0 aliphatic heterocycles. The molecule has 6 heteroatoms. The maximum Gasteiger partial charge on any atom is 0.220 e. The Morgan fingerprint density at radius 3 is 1.37 bits per heavy atom. The highest BCUT2D eigenvalue weighted by Gasteiger charge is 2.41. The lowest BCUT2D eigenvalue weighted by atomic mass is 10.1. The monoisotopic (exact) mass is 871 g/mol. The topological polar surface area (TPSA) is 32.1 Å². The van der Waals surface area contributed by atoms with Crippen LogP contribution >= 0.6 is 0 Å². The molecule has 0 saturated heterocycles. The van der Waals surface area contributed by atoms with Crippen LogP contribution < -0.4 is 20.7 Å². The first-order valence-corrected chi connectivity index (χ1v) is 25.0. The third-order valence-corrected chi connectivity index (χ3v) is 18.9. The van der Waals surface area contributed by atoms with Gasteiger partial charge in [0.2, 0.25) is 5.78 Å². The minimum absolute atomic E-state index is 0.884. The molecular formula is C61H41N5Si. The van der Waals surface area contributed by atoms with E-state index in [0.29, 0.717) is 0 Å². The Morgan fingerprint density at radius 2 is 0.761 bits per heavy atom. The van der Waals surface area contributed by atoms with Crippen LogP contribution in [-0.2, 0) is 0 Å². The Labute approximate surface area is 387 Å².